The molecule has 0 saturated carbocycles. The van der Waals surface area contributed by atoms with Gasteiger partial charge in [0, 0.05) is 5.56 Å². The van der Waals surface area contributed by atoms with Gasteiger partial charge >= 0.3 is 0 Å². The smallest absolute Gasteiger partial charge is 0.250 e. The van der Waals surface area contributed by atoms with Crippen LogP contribution in [0.5, 0.6) is 0 Å². The van der Waals surface area contributed by atoms with Gasteiger partial charge < -0.3 is 16.9 Å². The highest BCUT2D eigenvalue weighted by molar-refractivity contribution is 6.08. The summed E-state index contributed by atoms with van der Waals surface area (Å²) in [6.07, 6.45) is 0. The van der Waals surface area contributed by atoms with Gasteiger partial charge in [0.25, 0.3) is 5.91 Å². The van der Waals surface area contributed by atoms with Crippen LogP contribution in [0.1, 0.15) is 21.5 Å². The van der Waals surface area contributed by atoms with Crippen LogP contribution in [0.4, 0.5) is 5.69 Å². The van der Waals surface area contributed by atoms with Crippen molar-refractivity contribution in [3.63, 3.8) is 0 Å². The highest BCUT2D eigenvalue weighted by Crippen LogP contribution is 2.17. The minimum atomic E-state index is -0.589. The summed E-state index contributed by atoms with van der Waals surface area (Å²) in [5.74, 6) is 5.32. The molecule has 0 atom stereocenters. The van der Waals surface area contributed by atoms with Crippen molar-refractivity contribution in [2.45, 2.75) is 6.54 Å². The Balaban J connectivity index is 2.33. The van der Waals surface area contributed by atoms with Gasteiger partial charge in [0.2, 0.25) is 0 Å². The summed E-state index contributed by atoms with van der Waals surface area (Å²) < 4.78 is 0. The van der Waals surface area contributed by atoms with Crippen LogP contribution in [-0.4, -0.2) is 11.7 Å². The molecule has 2 rings (SSSR count). The number of nitrogens with zero attached hydrogens (tertiary/aromatic N) is 1. The van der Waals surface area contributed by atoms with Crippen molar-refractivity contribution in [1.82, 2.24) is 5.43 Å². The number of hydrogen-bond acceptors (Lipinski definition) is 4. The Hall–Kier alpha value is -2.86. The third-order valence-electron chi connectivity index (χ3n) is 3.03. The zero-order valence-corrected chi connectivity index (χ0v) is 11.4. The van der Waals surface area contributed by atoms with Gasteiger partial charge in [0.15, 0.2) is 0 Å². The molecule has 0 aliphatic rings. The molecule has 0 saturated heterocycles. The fourth-order valence-electron chi connectivity index (χ4n) is 1.95. The summed E-state index contributed by atoms with van der Waals surface area (Å²) in [6, 6.07) is 14.7. The first-order valence-electron chi connectivity index (χ1n) is 6.37. The summed E-state index contributed by atoms with van der Waals surface area (Å²) in [5.41, 5.74) is 15.8. The number of nitrogens with two attached hydrogens (primary N) is 3. The molecule has 1 amide bonds. The van der Waals surface area contributed by atoms with Crippen LogP contribution < -0.4 is 22.7 Å². The molecule has 0 spiro atoms. The lowest BCUT2D eigenvalue weighted by Crippen LogP contribution is -2.32. The van der Waals surface area contributed by atoms with Crippen molar-refractivity contribution in [2.75, 3.05) is 5.73 Å². The first kappa shape index (κ1) is 14.5. The Labute approximate surface area is 122 Å². The number of primary amides is 1. The number of amidine groups is 1. The van der Waals surface area contributed by atoms with E-state index in [-0.39, 0.29) is 11.3 Å². The van der Waals surface area contributed by atoms with Crippen LogP contribution in [0.2, 0.25) is 0 Å². The zero-order chi connectivity index (χ0) is 15.2. The van der Waals surface area contributed by atoms with Crippen molar-refractivity contribution in [2.24, 2.45) is 16.6 Å². The van der Waals surface area contributed by atoms with E-state index in [1.54, 1.807) is 18.2 Å². The van der Waals surface area contributed by atoms with Crippen molar-refractivity contribution in [3.8, 4) is 0 Å². The fraction of sp³-hybridized carbons (Fsp3) is 0.0667. The lowest BCUT2D eigenvalue weighted by Gasteiger charge is -2.11. The van der Waals surface area contributed by atoms with Crippen molar-refractivity contribution in [3.05, 3.63) is 65.2 Å². The van der Waals surface area contributed by atoms with Crippen LogP contribution in [0, 0.1) is 0 Å². The van der Waals surface area contributed by atoms with Gasteiger partial charge in [0.05, 0.1) is 17.8 Å². The summed E-state index contributed by atoms with van der Waals surface area (Å²) in [5, 5.41) is 0. The number of para-hydroxylation sites is 1. The highest BCUT2D eigenvalue weighted by Gasteiger charge is 2.13. The van der Waals surface area contributed by atoms with Gasteiger partial charge in [-0.3, -0.25) is 9.79 Å². The monoisotopic (exact) mass is 283 g/mol. The number of hydrogen-bond donors (Lipinski definition) is 4. The standard InChI is InChI=1S/C15H17N5O/c16-13-11(14(17)21)7-4-8-12(13)15(20-18)19-9-10-5-2-1-3-6-10/h1-8H,9,16,18H2,(H2,17,21)(H,19,20). The van der Waals surface area contributed by atoms with Crippen molar-refractivity contribution in [1.29, 1.82) is 0 Å². The number of benzene rings is 2. The van der Waals surface area contributed by atoms with E-state index in [0.717, 1.165) is 5.56 Å². The number of anilines is 1. The number of carbonyl (C=O) groups is 1. The second-order valence-corrected chi connectivity index (χ2v) is 4.43. The molecule has 21 heavy (non-hydrogen) atoms. The quantitative estimate of drug-likeness (QED) is 0.218. The first-order chi connectivity index (χ1) is 10.1. The fourth-order valence-corrected chi connectivity index (χ4v) is 1.95. The van der Waals surface area contributed by atoms with E-state index in [1.807, 2.05) is 30.3 Å². The largest absolute Gasteiger partial charge is 0.397 e. The lowest BCUT2D eigenvalue weighted by molar-refractivity contribution is 0.100. The molecule has 108 valence electrons. The summed E-state index contributed by atoms with van der Waals surface area (Å²) in [4.78, 5) is 15.7. The molecule has 2 aromatic rings. The molecule has 0 heterocycles. The van der Waals surface area contributed by atoms with Gasteiger partial charge in [-0.1, -0.05) is 36.4 Å². The van der Waals surface area contributed by atoms with Crippen LogP contribution in [0.25, 0.3) is 0 Å². The molecule has 6 nitrogen and oxygen atoms in total. The van der Waals surface area contributed by atoms with Crippen LogP contribution in [-0.2, 0) is 6.54 Å². The second kappa shape index (κ2) is 6.53. The minimum Gasteiger partial charge on any atom is -0.397 e. The van der Waals surface area contributed by atoms with E-state index < -0.39 is 5.91 Å². The van der Waals surface area contributed by atoms with E-state index in [0.29, 0.717) is 17.9 Å². The Kier molecular flexibility index (Phi) is 4.53. The number of aliphatic imine (C=N–C) groups is 1. The molecule has 0 bridgehead atoms. The van der Waals surface area contributed by atoms with Gasteiger partial charge in [-0.2, -0.15) is 0 Å². The maximum atomic E-state index is 11.3. The summed E-state index contributed by atoms with van der Waals surface area (Å²) in [7, 11) is 0. The SMILES string of the molecule is NNC(=NCc1ccccc1)c1cccc(C(N)=O)c1N. The van der Waals surface area contributed by atoms with Crippen LogP contribution >= 0.6 is 0 Å². The summed E-state index contributed by atoms with van der Waals surface area (Å²) in [6.45, 7) is 0.445. The van der Waals surface area contributed by atoms with Gasteiger partial charge in [-0.25, -0.2) is 5.84 Å². The predicted molar refractivity (Wildman–Crippen MR) is 83.4 cm³/mol. The zero-order valence-electron chi connectivity index (χ0n) is 11.4. The summed E-state index contributed by atoms with van der Waals surface area (Å²) >= 11 is 0. The van der Waals surface area contributed by atoms with E-state index in [4.69, 9.17) is 17.3 Å². The van der Waals surface area contributed by atoms with Crippen molar-refractivity contribution < 1.29 is 4.79 Å². The van der Waals surface area contributed by atoms with E-state index in [9.17, 15) is 4.79 Å². The molecule has 7 N–H and O–H groups in total. The third kappa shape index (κ3) is 3.37. The number of carbonyl (C=O) groups excluding carboxylic acids is 1. The topological polar surface area (TPSA) is 120 Å². The Bertz CT molecular complexity index is 667. The number of nitrogens with one attached hydrogen (secondary N) is 1. The molecule has 0 aliphatic heterocycles. The average molecular weight is 283 g/mol. The number of amides is 1. The van der Waals surface area contributed by atoms with E-state index >= 15 is 0 Å². The normalized spacial score (nSPS) is 11.2. The molecule has 0 unspecified atom stereocenters. The number of nitrogen functional groups attached to an aromatic ring is 1. The number of hydrazine groups is 1. The molecule has 6 heteroatoms. The molecule has 0 aliphatic carbocycles. The maximum absolute atomic E-state index is 11.3. The van der Waals surface area contributed by atoms with Gasteiger partial charge in [-0.05, 0) is 17.7 Å². The van der Waals surface area contributed by atoms with E-state index in [1.165, 1.54) is 0 Å². The molecular weight excluding hydrogens is 266 g/mol. The number of rotatable bonds is 4. The van der Waals surface area contributed by atoms with Gasteiger partial charge in [-0.15, -0.1) is 0 Å². The molecule has 0 fully saturated rings. The molecule has 0 aromatic heterocycles. The Morgan fingerprint density at radius 1 is 1.05 bits per heavy atom. The first-order valence-corrected chi connectivity index (χ1v) is 6.37. The average Bonchev–Trinajstić information content (AvgIpc) is 2.50. The Morgan fingerprint density at radius 2 is 1.71 bits per heavy atom. The lowest BCUT2D eigenvalue weighted by atomic mass is 10.1. The van der Waals surface area contributed by atoms with Crippen LogP contribution in [0.3, 0.4) is 0 Å². The van der Waals surface area contributed by atoms with Crippen molar-refractivity contribution >= 4 is 17.4 Å². The molecule has 2 aromatic carbocycles. The maximum Gasteiger partial charge on any atom is 0.250 e. The molecule has 0 radical (unpaired) electrons. The second-order valence-electron chi connectivity index (χ2n) is 4.43. The van der Waals surface area contributed by atoms with E-state index in [2.05, 4.69) is 10.4 Å². The van der Waals surface area contributed by atoms with Crippen LogP contribution in [0.15, 0.2) is 53.5 Å². The highest BCUT2D eigenvalue weighted by atomic mass is 16.1. The van der Waals surface area contributed by atoms with Gasteiger partial charge in [0.1, 0.15) is 5.84 Å². The predicted octanol–water partition coefficient (Wildman–Crippen LogP) is 0.778. The minimum absolute atomic E-state index is 0.246. The third-order valence-corrected chi connectivity index (χ3v) is 3.03. The molecular formula is C15H17N5O. The Morgan fingerprint density at radius 3 is 2.33 bits per heavy atom.